The van der Waals surface area contributed by atoms with E-state index >= 15 is 0 Å². The number of hydrogen-bond donors (Lipinski definition) is 1. The largest absolute Gasteiger partial charge is 0.316 e. The van der Waals surface area contributed by atoms with Crippen molar-refractivity contribution in [1.82, 2.24) is 5.32 Å². The lowest BCUT2D eigenvalue weighted by Crippen LogP contribution is -2.43. The van der Waals surface area contributed by atoms with E-state index in [-0.39, 0.29) is 11.3 Å². The second-order valence-electron chi connectivity index (χ2n) is 4.70. The molecule has 0 radical (unpaired) electrons. The van der Waals surface area contributed by atoms with E-state index in [0.29, 0.717) is 12.2 Å². The molecular weight excluding hydrogens is 234 g/mol. The molecule has 0 aromatic rings. The van der Waals surface area contributed by atoms with Crippen molar-refractivity contribution in [3.05, 3.63) is 0 Å². The fraction of sp³-hybridized carbons (Fsp3) is 1.00. The molecule has 0 aromatic carbocycles. The van der Waals surface area contributed by atoms with Crippen molar-refractivity contribution in [3.63, 3.8) is 0 Å². The van der Waals surface area contributed by atoms with Crippen LogP contribution >= 0.6 is 0 Å². The van der Waals surface area contributed by atoms with E-state index in [1.165, 1.54) is 0 Å². The Kier molecular flexibility index (Phi) is 8.88. The van der Waals surface area contributed by atoms with Gasteiger partial charge in [-0.2, -0.15) is 0 Å². The van der Waals surface area contributed by atoms with Crippen molar-refractivity contribution in [2.45, 2.75) is 70.6 Å². The van der Waals surface area contributed by atoms with Gasteiger partial charge in [0, 0.05) is 6.04 Å². The van der Waals surface area contributed by atoms with Crippen LogP contribution in [0.3, 0.4) is 0 Å². The van der Waals surface area contributed by atoms with Gasteiger partial charge in [-0.3, -0.25) is 0 Å². The van der Waals surface area contributed by atoms with E-state index in [9.17, 15) is 8.42 Å². The van der Waals surface area contributed by atoms with Gasteiger partial charge < -0.3 is 5.32 Å². The predicted molar refractivity (Wildman–Crippen MR) is 75.1 cm³/mol. The molecule has 2 atom stereocenters. The van der Waals surface area contributed by atoms with Crippen molar-refractivity contribution >= 4 is 9.84 Å². The highest BCUT2D eigenvalue weighted by Crippen LogP contribution is 2.17. The first-order valence-corrected chi connectivity index (χ1v) is 8.63. The Labute approximate surface area is 107 Å². The Morgan fingerprint density at radius 2 is 1.71 bits per heavy atom. The number of nitrogens with one attached hydrogen (secondary N) is 1. The summed E-state index contributed by atoms with van der Waals surface area (Å²) < 4.78 is 24.5. The van der Waals surface area contributed by atoms with Crippen molar-refractivity contribution < 1.29 is 8.42 Å². The zero-order valence-electron chi connectivity index (χ0n) is 11.8. The Morgan fingerprint density at radius 1 is 1.06 bits per heavy atom. The maximum atomic E-state index is 12.3. The van der Waals surface area contributed by atoms with Crippen LogP contribution in [0.5, 0.6) is 0 Å². The van der Waals surface area contributed by atoms with Crippen LogP contribution in [0.2, 0.25) is 0 Å². The maximum absolute atomic E-state index is 12.3. The van der Waals surface area contributed by atoms with Crippen LogP contribution in [0, 0.1) is 0 Å². The first-order valence-electron chi connectivity index (χ1n) is 6.92. The Bertz CT molecular complexity index is 275. The van der Waals surface area contributed by atoms with Crippen molar-refractivity contribution in [2.75, 3.05) is 12.8 Å². The van der Waals surface area contributed by atoms with E-state index in [2.05, 4.69) is 19.2 Å². The van der Waals surface area contributed by atoms with Gasteiger partial charge in [0.15, 0.2) is 9.84 Å². The molecule has 2 unspecified atom stereocenters. The van der Waals surface area contributed by atoms with Crippen LogP contribution < -0.4 is 5.32 Å². The van der Waals surface area contributed by atoms with Crippen LogP contribution in [0.25, 0.3) is 0 Å². The number of rotatable bonds is 10. The summed E-state index contributed by atoms with van der Waals surface area (Å²) in [6.45, 7) is 6.17. The predicted octanol–water partition coefficient (Wildman–Crippen LogP) is 2.76. The van der Waals surface area contributed by atoms with E-state index in [1.54, 1.807) is 0 Å². The molecule has 1 N–H and O–H groups in total. The van der Waals surface area contributed by atoms with Crippen LogP contribution in [0.4, 0.5) is 0 Å². The Hall–Kier alpha value is -0.0900. The summed E-state index contributed by atoms with van der Waals surface area (Å²) in [5, 5.41) is 2.95. The highest BCUT2D eigenvalue weighted by molar-refractivity contribution is 7.92. The summed E-state index contributed by atoms with van der Waals surface area (Å²) in [7, 11) is -1.08. The smallest absolute Gasteiger partial charge is 0.154 e. The third kappa shape index (κ3) is 5.87. The third-order valence-electron chi connectivity index (χ3n) is 3.32. The lowest BCUT2D eigenvalue weighted by molar-refractivity contribution is 0.463. The topological polar surface area (TPSA) is 46.2 Å². The molecule has 0 amide bonds. The number of hydrogen-bond acceptors (Lipinski definition) is 3. The molecule has 0 spiro atoms. The molecule has 0 aromatic heterocycles. The first kappa shape index (κ1) is 16.9. The molecule has 0 aliphatic rings. The molecule has 0 heterocycles. The molecule has 4 heteroatoms. The van der Waals surface area contributed by atoms with Gasteiger partial charge in [-0.15, -0.1) is 0 Å². The van der Waals surface area contributed by atoms with E-state index in [0.717, 1.165) is 32.1 Å². The average molecular weight is 263 g/mol. The van der Waals surface area contributed by atoms with Gasteiger partial charge in [0.2, 0.25) is 0 Å². The Morgan fingerprint density at radius 3 is 2.12 bits per heavy atom. The van der Waals surface area contributed by atoms with Gasteiger partial charge in [0.1, 0.15) is 0 Å². The lowest BCUT2D eigenvalue weighted by atomic mass is 10.1. The summed E-state index contributed by atoms with van der Waals surface area (Å²) in [5.41, 5.74) is 0. The average Bonchev–Trinajstić information content (AvgIpc) is 2.28. The van der Waals surface area contributed by atoms with Gasteiger partial charge in [-0.1, -0.05) is 40.0 Å². The fourth-order valence-corrected chi connectivity index (χ4v) is 4.51. The second-order valence-corrected chi connectivity index (χ2v) is 7.04. The van der Waals surface area contributed by atoms with Gasteiger partial charge in [0.05, 0.1) is 11.0 Å². The summed E-state index contributed by atoms with van der Waals surface area (Å²) in [6, 6.07) is 0.108. The molecule has 17 heavy (non-hydrogen) atoms. The number of unbranched alkanes of at least 4 members (excludes halogenated alkanes) is 2. The van der Waals surface area contributed by atoms with Crippen LogP contribution in [0.15, 0.2) is 0 Å². The van der Waals surface area contributed by atoms with Gasteiger partial charge >= 0.3 is 0 Å². The van der Waals surface area contributed by atoms with Gasteiger partial charge in [-0.25, -0.2) is 8.42 Å². The summed E-state index contributed by atoms with van der Waals surface area (Å²) in [4.78, 5) is 0. The third-order valence-corrected chi connectivity index (χ3v) is 5.76. The Balaban J connectivity index is 4.59. The molecule has 0 bridgehead atoms. The van der Waals surface area contributed by atoms with Gasteiger partial charge in [-0.05, 0) is 26.3 Å². The zero-order valence-corrected chi connectivity index (χ0v) is 12.6. The molecule has 0 rings (SSSR count). The minimum Gasteiger partial charge on any atom is -0.316 e. The lowest BCUT2D eigenvalue weighted by Gasteiger charge is -2.25. The molecule has 0 aliphatic heterocycles. The minimum absolute atomic E-state index is 0.108. The molecule has 0 fully saturated rings. The fourth-order valence-electron chi connectivity index (χ4n) is 2.32. The van der Waals surface area contributed by atoms with Crippen LogP contribution in [-0.2, 0) is 9.84 Å². The van der Waals surface area contributed by atoms with E-state index in [4.69, 9.17) is 0 Å². The quantitative estimate of drug-likeness (QED) is 0.616. The highest BCUT2D eigenvalue weighted by Gasteiger charge is 2.29. The molecular formula is C13H29NO2S. The number of sulfone groups is 1. The minimum atomic E-state index is -2.94. The summed E-state index contributed by atoms with van der Waals surface area (Å²) in [6.07, 6.45) is 5.54. The molecule has 3 nitrogen and oxygen atoms in total. The van der Waals surface area contributed by atoms with E-state index < -0.39 is 9.84 Å². The normalized spacial score (nSPS) is 15.8. The van der Waals surface area contributed by atoms with Crippen LogP contribution in [-0.4, -0.2) is 32.5 Å². The molecule has 0 aliphatic carbocycles. The van der Waals surface area contributed by atoms with Crippen molar-refractivity contribution in [3.8, 4) is 0 Å². The highest BCUT2D eigenvalue weighted by atomic mass is 32.2. The first-order chi connectivity index (χ1) is 8.03. The zero-order chi connectivity index (χ0) is 13.3. The summed E-state index contributed by atoms with van der Waals surface area (Å²) in [5.74, 6) is 0.348. The standard InChI is InChI=1S/C13H29NO2S/c1-5-8-9-11-17(15,16)13(7-3)12(14-4)10-6-2/h12-14H,5-11H2,1-4H3. The van der Waals surface area contributed by atoms with E-state index in [1.807, 2.05) is 14.0 Å². The van der Waals surface area contributed by atoms with Gasteiger partial charge in [0.25, 0.3) is 0 Å². The molecule has 0 saturated heterocycles. The summed E-state index contributed by atoms with van der Waals surface area (Å²) >= 11 is 0. The van der Waals surface area contributed by atoms with Crippen LogP contribution in [0.1, 0.15) is 59.3 Å². The molecule has 0 saturated carbocycles. The SMILES string of the molecule is CCCCCS(=O)(=O)C(CC)C(CCC)NC. The van der Waals surface area contributed by atoms with Crippen molar-refractivity contribution in [1.29, 1.82) is 0 Å². The maximum Gasteiger partial charge on any atom is 0.154 e. The molecule has 104 valence electrons. The monoisotopic (exact) mass is 263 g/mol. The second kappa shape index (κ2) is 8.92. The van der Waals surface area contributed by atoms with Crippen molar-refractivity contribution in [2.24, 2.45) is 0 Å².